The maximum Gasteiger partial charge on any atom is 0.411 e. The zero-order chi connectivity index (χ0) is 23.7. The summed E-state index contributed by atoms with van der Waals surface area (Å²) in [6.07, 6.45) is 0.183. The third-order valence-electron chi connectivity index (χ3n) is 6.09. The lowest BCUT2D eigenvalue weighted by atomic mass is 9.92. The van der Waals surface area contributed by atoms with Crippen LogP contribution in [0.25, 0.3) is 0 Å². The first-order valence-corrected chi connectivity index (χ1v) is 14.0. The Morgan fingerprint density at radius 1 is 1.07 bits per heavy atom. The van der Waals surface area contributed by atoms with E-state index in [0.717, 1.165) is 0 Å². The summed E-state index contributed by atoms with van der Waals surface area (Å²) in [7, 11) is -2.04. The van der Waals surface area contributed by atoms with Gasteiger partial charge in [-0.1, -0.05) is 34.6 Å². The molecule has 1 heterocycles. The number of amides is 1. The van der Waals surface area contributed by atoms with E-state index in [0.29, 0.717) is 19.4 Å². The first-order valence-electron chi connectivity index (χ1n) is 11.1. The minimum Gasteiger partial charge on any atom is -0.444 e. The van der Waals surface area contributed by atoms with Gasteiger partial charge in [0.2, 0.25) is 0 Å². The van der Waals surface area contributed by atoms with Gasteiger partial charge >= 0.3 is 6.09 Å². The topological polar surface area (TPSA) is 72.9 Å². The molecule has 0 radical (unpaired) electrons. The van der Waals surface area contributed by atoms with Crippen molar-refractivity contribution in [3.63, 3.8) is 0 Å². The highest BCUT2D eigenvalue weighted by Gasteiger charge is 2.51. The highest BCUT2D eigenvalue weighted by atomic mass is 28.4. The van der Waals surface area contributed by atoms with E-state index in [2.05, 4.69) is 33.9 Å². The largest absolute Gasteiger partial charge is 0.444 e. The van der Waals surface area contributed by atoms with Crippen molar-refractivity contribution in [1.82, 2.24) is 4.90 Å². The molecule has 0 aromatic carbocycles. The molecule has 30 heavy (non-hydrogen) atoms. The molecule has 0 bridgehead atoms. The fourth-order valence-corrected chi connectivity index (χ4v) is 4.56. The second-order valence-electron chi connectivity index (χ2n) is 11.6. The number of hydrogen-bond donors (Lipinski definition) is 0. The quantitative estimate of drug-likeness (QED) is 0.507. The van der Waals surface area contributed by atoms with Crippen molar-refractivity contribution in [3.8, 4) is 0 Å². The predicted molar refractivity (Wildman–Crippen MR) is 122 cm³/mol. The first-order chi connectivity index (χ1) is 13.4. The number of hydrogen-bond acceptors (Lipinski definition) is 5. The zero-order valence-corrected chi connectivity index (χ0v) is 21.9. The molecule has 0 aromatic rings. The normalized spacial score (nSPS) is 23.1. The van der Waals surface area contributed by atoms with Crippen LogP contribution in [0, 0.1) is 11.8 Å². The van der Waals surface area contributed by atoms with Gasteiger partial charge in [0.25, 0.3) is 0 Å². The Bertz CT molecular complexity index is 645. The number of likely N-dealkylation sites (tertiary alicyclic amines) is 1. The Morgan fingerprint density at radius 3 is 2.00 bits per heavy atom. The third-order valence-corrected chi connectivity index (χ3v) is 10.6. The number of carbonyl (C=O) groups is 3. The van der Waals surface area contributed by atoms with E-state index in [1.165, 1.54) is 11.8 Å². The summed E-state index contributed by atoms with van der Waals surface area (Å²) < 4.78 is 12.0. The molecule has 3 atom stereocenters. The van der Waals surface area contributed by atoms with E-state index in [-0.39, 0.29) is 28.4 Å². The lowest BCUT2D eigenvalue weighted by Gasteiger charge is -2.38. The minimum absolute atomic E-state index is 0.0246. The molecule has 1 rings (SSSR count). The van der Waals surface area contributed by atoms with Gasteiger partial charge in [-0.3, -0.25) is 14.5 Å². The van der Waals surface area contributed by atoms with Gasteiger partial charge in [-0.25, -0.2) is 4.79 Å². The molecule has 0 aromatic heterocycles. The summed E-state index contributed by atoms with van der Waals surface area (Å²) >= 11 is 0. The number of ether oxygens (including phenoxy) is 1. The van der Waals surface area contributed by atoms with Crippen molar-refractivity contribution in [2.24, 2.45) is 11.8 Å². The summed E-state index contributed by atoms with van der Waals surface area (Å²) in [4.78, 5) is 40.1. The molecular formula is C23H43NO5Si. The summed E-state index contributed by atoms with van der Waals surface area (Å²) in [5, 5.41) is 0.0356. The minimum atomic E-state index is -2.04. The number of ketones is 2. The van der Waals surface area contributed by atoms with Crippen molar-refractivity contribution in [2.45, 2.75) is 111 Å². The Morgan fingerprint density at radius 2 is 1.60 bits per heavy atom. The molecule has 1 saturated heterocycles. The van der Waals surface area contributed by atoms with Crippen molar-refractivity contribution in [3.05, 3.63) is 0 Å². The van der Waals surface area contributed by atoms with Crippen LogP contribution < -0.4 is 0 Å². The molecule has 1 amide bonds. The van der Waals surface area contributed by atoms with E-state index in [9.17, 15) is 14.4 Å². The Labute approximate surface area is 184 Å². The average Bonchev–Trinajstić information content (AvgIpc) is 2.89. The highest BCUT2D eigenvalue weighted by Crippen LogP contribution is 2.39. The van der Waals surface area contributed by atoms with E-state index in [1.54, 1.807) is 20.8 Å². The summed E-state index contributed by atoms with van der Waals surface area (Å²) in [5.74, 6) is -0.204. The number of carbonyl (C=O) groups excluding carboxylic acids is 3. The molecule has 3 unspecified atom stereocenters. The fourth-order valence-electron chi connectivity index (χ4n) is 3.50. The van der Waals surface area contributed by atoms with Gasteiger partial charge in [0.1, 0.15) is 5.60 Å². The lowest BCUT2D eigenvalue weighted by molar-refractivity contribution is -0.127. The molecular weight excluding hydrogens is 398 g/mol. The van der Waals surface area contributed by atoms with Gasteiger partial charge in [0.15, 0.2) is 19.9 Å². The molecule has 0 N–H and O–H groups in total. The van der Waals surface area contributed by atoms with Gasteiger partial charge < -0.3 is 9.16 Å². The maximum atomic E-state index is 13.2. The zero-order valence-electron chi connectivity index (χ0n) is 20.9. The van der Waals surface area contributed by atoms with Crippen LogP contribution in [0.2, 0.25) is 18.1 Å². The van der Waals surface area contributed by atoms with Crippen LogP contribution in [-0.4, -0.2) is 55.2 Å². The lowest BCUT2D eigenvalue weighted by Crippen LogP contribution is -2.51. The smallest absolute Gasteiger partial charge is 0.411 e. The summed E-state index contributed by atoms with van der Waals surface area (Å²) in [5.41, 5.74) is -0.709. The van der Waals surface area contributed by atoms with Crippen molar-refractivity contribution >= 4 is 26.0 Å². The fraction of sp³-hybridized carbons (Fsp3) is 0.870. The van der Waals surface area contributed by atoms with Crippen LogP contribution >= 0.6 is 0 Å². The Hall–Kier alpha value is -1.21. The Balaban J connectivity index is 3.27. The van der Waals surface area contributed by atoms with Gasteiger partial charge in [-0.2, -0.15) is 0 Å². The molecule has 174 valence electrons. The van der Waals surface area contributed by atoms with Crippen LogP contribution in [-0.2, 0) is 18.8 Å². The van der Waals surface area contributed by atoms with E-state index >= 15 is 0 Å². The standard InChI is InChI=1S/C23H43NO5Si/c1-15(2)12-19(26)20-17(14-28-30(10,11)23(7,8)9)13-18(16(3)25)24(20)21(27)29-22(4,5)6/h15,17-18,20H,12-14H2,1-11H3. The molecule has 1 fully saturated rings. The van der Waals surface area contributed by atoms with Crippen molar-refractivity contribution in [2.75, 3.05) is 6.61 Å². The molecule has 1 aliphatic heterocycles. The van der Waals surface area contributed by atoms with Gasteiger partial charge in [0, 0.05) is 18.9 Å². The monoisotopic (exact) mass is 441 g/mol. The SMILES string of the molecule is CC(=O)C1CC(CO[Si](C)(C)C(C)(C)C)C(C(=O)CC(C)C)N1C(=O)OC(C)(C)C. The number of nitrogens with zero attached hydrogens (tertiary/aromatic N) is 1. The van der Waals surface area contributed by atoms with Crippen LogP contribution in [0.4, 0.5) is 4.79 Å². The van der Waals surface area contributed by atoms with E-state index < -0.39 is 32.1 Å². The van der Waals surface area contributed by atoms with E-state index in [4.69, 9.17) is 9.16 Å². The van der Waals surface area contributed by atoms with Gasteiger partial charge in [-0.15, -0.1) is 0 Å². The highest BCUT2D eigenvalue weighted by molar-refractivity contribution is 6.74. The van der Waals surface area contributed by atoms with Crippen LogP contribution in [0.3, 0.4) is 0 Å². The summed E-state index contributed by atoms with van der Waals surface area (Å²) in [6, 6.07) is -1.35. The second kappa shape index (κ2) is 9.51. The van der Waals surface area contributed by atoms with Crippen LogP contribution in [0.1, 0.15) is 75.2 Å². The maximum absolute atomic E-state index is 13.2. The number of Topliss-reactive ketones (excluding diaryl/α,β-unsaturated/α-hetero) is 2. The third kappa shape index (κ3) is 6.91. The number of rotatable bonds is 7. The molecule has 6 nitrogen and oxygen atoms in total. The summed E-state index contributed by atoms with van der Waals surface area (Å²) in [6.45, 7) is 22.0. The second-order valence-corrected chi connectivity index (χ2v) is 16.4. The molecule has 0 spiro atoms. The van der Waals surface area contributed by atoms with Crippen molar-refractivity contribution < 1.29 is 23.5 Å². The van der Waals surface area contributed by atoms with E-state index in [1.807, 2.05) is 13.8 Å². The van der Waals surface area contributed by atoms with Crippen LogP contribution in [0.5, 0.6) is 0 Å². The molecule has 1 aliphatic rings. The van der Waals surface area contributed by atoms with Gasteiger partial charge in [-0.05, 0) is 58.2 Å². The van der Waals surface area contributed by atoms with Gasteiger partial charge in [0.05, 0.1) is 12.1 Å². The predicted octanol–water partition coefficient (Wildman–Crippen LogP) is 5.21. The first kappa shape index (κ1) is 26.8. The molecule has 7 heteroatoms. The van der Waals surface area contributed by atoms with Crippen LogP contribution in [0.15, 0.2) is 0 Å². The molecule has 0 aliphatic carbocycles. The van der Waals surface area contributed by atoms with Crippen molar-refractivity contribution in [1.29, 1.82) is 0 Å². The Kier molecular flexibility index (Phi) is 8.50. The average molecular weight is 442 g/mol. The molecule has 0 saturated carbocycles.